The Morgan fingerprint density at radius 1 is 1.40 bits per heavy atom. The smallest absolute Gasteiger partial charge is 0.130 e. The highest BCUT2D eigenvalue weighted by Gasteiger charge is 2.18. The highest BCUT2D eigenvalue weighted by molar-refractivity contribution is 5.20. The summed E-state index contributed by atoms with van der Waals surface area (Å²) in [7, 11) is 2.17. The third kappa shape index (κ3) is 4.62. The molecule has 0 aromatic carbocycles. The molecule has 0 atom stereocenters. The second-order valence-electron chi connectivity index (χ2n) is 6.14. The predicted molar refractivity (Wildman–Crippen MR) is 80.7 cm³/mol. The molecular formula is C16H28N2O2. The van der Waals surface area contributed by atoms with Crippen molar-refractivity contribution in [2.45, 2.75) is 58.9 Å². The number of nitrogens with one attached hydrogen (secondary N) is 1. The minimum Gasteiger partial charge on any atom is -0.464 e. The van der Waals surface area contributed by atoms with Crippen molar-refractivity contribution in [3.05, 3.63) is 23.2 Å². The van der Waals surface area contributed by atoms with Crippen LogP contribution in [0.15, 0.2) is 10.5 Å². The van der Waals surface area contributed by atoms with Gasteiger partial charge in [0.2, 0.25) is 0 Å². The highest BCUT2D eigenvalue weighted by Crippen LogP contribution is 2.18. The molecule has 20 heavy (non-hydrogen) atoms. The van der Waals surface area contributed by atoms with Crippen LogP contribution in [0.2, 0.25) is 0 Å². The van der Waals surface area contributed by atoms with Crippen molar-refractivity contribution >= 4 is 0 Å². The van der Waals surface area contributed by atoms with Crippen molar-refractivity contribution in [2.75, 3.05) is 20.1 Å². The first-order valence-corrected chi connectivity index (χ1v) is 7.66. The summed E-state index contributed by atoms with van der Waals surface area (Å²) in [4.78, 5) is 2.35. The molecule has 1 saturated heterocycles. The first kappa shape index (κ1) is 15.5. The van der Waals surface area contributed by atoms with Crippen molar-refractivity contribution in [1.82, 2.24) is 10.2 Å². The molecule has 1 aromatic heterocycles. The van der Waals surface area contributed by atoms with Gasteiger partial charge in [-0.15, -0.1) is 0 Å². The predicted octanol–water partition coefficient (Wildman–Crippen LogP) is 2.70. The average Bonchev–Trinajstić information content (AvgIpc) is 2.76. The van der Waals surface area contributed by atoms with E-state index >= 15 is 0 Å². The Morgan fingerprint density at radius 2 is 2.10 bits per heavy atom. The normalized spacial score (nSPS) is 18.1. The van der Waals surface area contributed by atoms with E-state index < -0.39 is 0 Å². The largest absolute Gasteiger partial charge is 0.464 e. The van der Waals surface area contributed by atoms with Crippen molar-refractivity contribution < 1.29 is 9.15 Å². The molecule has 0 amide bonds. The van der Waals surface area contributed by atoms with Gasteiger partial charge >= 0.3 is 0 Å². The Hall–Kier alpha value is -0.840. The van der Waals surface area contributed by atoms with E-state index in [-0.39, 0.29) is 0 Å². The zero-order chi connectivity index (χ0) is 14.5. The SMILES string of the molecule is Cc1oc(COC2CCN(C)CC2)cc1CNC(C)C. The average molecular weight is 280 g/mol. The van der Waals surface area contributed by atoms with Gasteiger partial charge in [0.25, 0.3) is 0 Å². The van der Waals surface area contributed by atoms with E-state index in [1.54, 1.807) is 0 Å². The fourth-order valence-electron chi connectivity index (χ4n) is 2.50. The van der Waals surface area contributed by atoms with Crippen LogP contribution >= 0.6 is 0 Å². The Morgan fingerprint density at radius 3 is 2.75 bits per heavy atom. The number of rotatable bonds is 6. The van der Waals surface area contributed by atoms with E-state index in [1.807, 2.05) is 6.92 Å². The van der Waals surface area contributed by atoms with E-state index in [0.29, 0.717) is 18.8 Å². The van der Waals surface area contributed by atoms with Gasteiger partial charge in [-0.1, -0.05) is 13.8 Å². The monoisotopic (exact) mass is 280 g/mol. The molecular weight excluding hydrogens is 252 g/mol. The van der Waals surface area contributed by atoms with Gasteiger partial charge in [-0.2, -0.15) is 0 Å². The molecule has 1 aliphatic heterocycles. The molecule has 1 N–H and O–H groups in total. The van der Waals surface area contributed by atoms with E-state index in [4.69, 9.17) is 9.15 Å². The number of aryl methyl sites for hydroxylation is 1. The van der Waals surface area contributed by atoms with Gasteiger partial charge in [0.05, 0.1) is 6.10 Å². The van der Waals surface area contributed by atoms with Gasteiger partial charge < -0.3 is 19.4 Å². The lowest BCUT2D eigenvalue weighted by atomic mass is 10.1. The summed E-state index contributed by atoms with van der Waals surface area (Å²) in [5.74, 6) is 1.95. The molecule has 4 nitrogen and oxygen atoms in total. The second kappa shape index (κ2) is 7.25. The molecule has 1 aliphatic rings. The number of nitrogens with zero attached hydrogens (tertiary/aromatic N) is 1. The minimum absolute atomic E-state index is 0.383. The van der Waals surface area contributed by atoms with Gasteiger partial charge in [-0.3, -0.25) is 0 Å². The summed E-state index contributed by atoms with van der Waals surface area (Å²) in [6.45, 7) is 10.0. The maximum absolute atomic E-state index is 5.97. The number of furan rings is 1. The van der Waals surface area contributed by atoms with E-state index in [1.165, 1.54) is 5.56 Å². The summed E-state index contributed by atoms with van der Waals surface area (Å²) in [5.41, 5.74) is 1.24. The molecule has 0 saturated carbocycles. The number of ether oxygens (including phenoxy) is 1. The van der Waals surface area contributed by atoms with E-state index in [2.05, 4.69) is 37.2 Å². The molecule has 0 bridgehead atoms. The summed E-state index contributed by atoms with van der Waals surface area (Å²) in [6, 6.07) is 2.61. The fourth-order valence-corrected chi connectivity index (χ4v) is 2.50. The molecule has 4 heteroatoms. The van der Waals surface area contributed by atoms with Gasteiger partial charge in [-0.05, 0) is 32.9 Å². The maximum atomic E-state index is 5.97. The Labute approximate surface area is 122 Å². The van der Waals surface area contributed by atoms with Crippen molar-refractivity contribution in [3.8, 4) is 0 Å². The molecule has 0 unspecified atom stereocenters. The second-order valence-corrected chi connectivity index (χ2v) is 6.14. The van der Waals surface area contributed by atoms with Crippen molar-refractivity contribution in [3.63, 3.8) is 0 Å². The van der Waals surface area contributed by atoms with Gasteiger partial charge in [0.15, 0.2) is 0 Å². The summed E-state index contributed by atoms with van der Waals surface area (Å²) >= 11 is 0. The first-order chi connectivity index (χ1) is 9.54. The number of hydrogen-bond acceptors (Lipinski definition) is 4. The highest BCUT2D eigenvalue weighted by atomic mass is 16.5. The van der Waals surface area contributed by atoms with Gasteiger partial charge in [0.1, 0.15) is 18.1 Å². The molecule has 2 heterocycles. The lowest BCUT2D eigenvalue weighted by Crippen LogP contribution is -2.34. The van der Waals surface area contributed by atoms with Crippen LogP contribution in [0.3, 0.4) is 0 Å². The van der Waals surface area contributed by atoms with Crippen LogP contribution < -0.4 is 5.32 Å². The molecule has 1 aromatic rings. The van der Waals surface area contributed by atoms with Crippen LogP contribution in [-0.4, -0.2) is 37.2 Å². The molecule has 0 aliphatic carbocycles. The standard InChI is InChI=1S/C16H28N2O2/c1-12(2)17-10-14-9-16(20-13(14)3)11-19-15-5-7-18(4)8-6-15/h9,12,15,17H,5-8,10-11H2,1-4H3. The molecule has 0 spiro atoms. The Kier molecular flexibility index (Phi) is 5.64. The maximum Gasteiger partial charge on any atom is 0.130 e. The summed E-state index contributed by atoms with van der Waals surface area (Å²) in [5, 5.41) is 3.42. The minimum atomic E-state index is 0.383. The zero-order valence-electron chi connectivity index (χ0n) is 13.2. The van der Waals surface area contributed by atoms with Crippen LogP contribution in [0.1, 0.15) is 43.8 Å². The van der Waals surface area contributed by atoms with Crippen LogP contribution in [0.25, 0.3) is 0 Å². The number of likely N-dealkylation sites (tertiary alicyclic amines) is 1. The van der Waals surface area contributed by atoms with Crippen LogP contribution in [0, 0.1) is 6.92 Å². The fraction of sp³-hybridized carbons (Fsp3) is 0.750. The van der Waals surface area contributed by atoms with Gasteiger partial charge in [-0.25, -0.2) is 0 Å². The zero-order valence-corrected chi connectivity index (χ0v) is 13.2. The summed E-state index contributed by atoms with van der Waals surface area (Å²) in [6.07, 6.45) is 2.63. The van der Waals surface area contributed by atoms with Crippen molar-refractivity contribution in [2.24, 2.45) is 0 Å². The number of piperidine rings is 1. The Balaban J connectivity index is 1.79. The van der Waals surface area contributed by atoms with E-state index in [0.717, 1.165) is 44.0 Å². The lowest BCUT2D eigenvalue weighted by molar-refractivity contribution is -0.00500. The third-order valence-corrected chi connectivity index (χ3v) is 3.90. The first-order valence-electron chi connectivity index (χ1n) is 7.66. The number of hydrogen-bond donors (Lipinski definition) is 1. The summed E-state index contributed by atoms with van der Waals surface area (Å²) < 4.78 is 11.8. The molecule has 2 rings (SSSR count). The van der Waals surface area contributed by atoms with Gasteiger partial charge in [0, 0.05) is 31.2 Å². The van der Waals surface area contributed by atoms with Crippen LogP contribution in [0.5, 0.6) is 0 Å². The molecule has 0 radical (unpaired) electrons. The lowest BCUT2D eigenvalue weighted by Gasteiger charge is -2.28. The molecule has 114 valence electrons. The van der Waals surface area contributed by atoms with E-state index in [9.17, 15) is 0 Å². The Bertz CT molecular complexity index is 407. The topological polar surface area (TPSA) is 37.6 Å². The quantitative estimate of drug-likeness (QED) is 0.869. The van der Waals surface area contributed by atoms with Crippen LogP contribution in [-0.2, 0) is 17.9 Å². The third-order valence-electron chi connectivity index (χ3n) is 3.90. The molecule has 1 fully saturated rings. The van der Waals surface area contributed by atoms with Crippen molar-refractivity contribution in [1.29, 1.82) is 0 Å². The van der Waals surface area contributed by atoms with Crippen LogP contribution in [0.4, 0.5) is 0 Å².